The van der Waals surface area contributed by atoms with Crippen LogP contribution in [-0.2, 0) is 0 Å². The van der Waals surface area contributed by atoms with Gasteiger partial charge in [0.25, 0.3) is 0 Å². The summed E-state index contributed by atoms with van der Waals surface area (Å²) < 4.78 is 92.7. The maximum absolute atomic E-state index is 13.5. The molecule has 8 nitrogen and oxygen atoms in total. The highest BCUT2D eigenvalue weighted by Gasteiger charge is 2.72. The van der Waals surface area contributed by atoms with Crippen molar-refractivity contribution in [2.75, 3.05) is 32.2 Å². The van der Waals surface area contributed by atoms with Crippen molar-refractivity contribution in [1.82, 2.24) is 24.6 Å². The fraction of sp³-hybridized carbons (Fsp3) is 0.444. The molecule has 0 amide bonds. The monoisotopic (exact) mass is 462 g/mol. The molecule has 4 heterocycles. The highest BCUT2D eigenvalue weighted by molar-refractivity contribution is 5.76. The molecule has 3 aromatic heterocycles. The predicted octanol–water partition coefficient (Wildman–Crippen LogP) is 3.52. The molecule has 1 aliphatic heterocycles. The Balaban J connectivity index is 1.83. The Kier molecular flexibility index (Phi) is 5.05. The quantitative estimate of drug-likeness (QED) is 0.549. The van der Waals surface area contributed by atoms with Gasteiger partial charge in [-0.3, -0.25) is 0 Å². The first-order chi connectivity index (χ1) is 15.0. The molecule has 32 heavy (non-hydrogen) atoms. The standard InChI is InChI=1S/C18H16F6N6O2/c1-31-14-10(8-26-15(27-14)32-2)11-7-12(13-25-4-6-30(13)28-11)29-5-3-16(9-29,17(19,20)21)18(22,23)24/h4,6-8H,3,5,9H2,1-2H3. The molecular formula is C18H16F6N6O2. The second kappa shape index (κ2) is 7.38. The van der Waals surface area contributed by atoms with E-state index >= 15 is 0 Å². The fourth-order valence-corrected chi connectivity index (χ4v) is 3.68. The number of methoxy groups -OCH3 is 2. The molecule has 1 saturated heterocycles. The van der Waals surface area contributed by atoms with E-state index < -0.39 is 37.3 Å². The summed E-state index contributed by atoms with van der Waals surface area (Å²) in [5.74, 6) is 0.0658. The van der Waals surface area contributed by atoms with E-state index in [1.54, 1.807) is 0 Å². The van der Waals surface area contributed by atoms with Crippen molar-refractivity contribution in [3.05, 3.63) is 24.7 Å². The summed E-state index contributed by atoms with van der Waals surface area (Å²) in [6, 6.07) is 1.35. The van der Waals surface area contributed by atoms with Gasteiger partial charge in [-0.25, -0.2) is 14.5 Å². The number of hydrogen-bond donors (Lipinski definition) is 0. The maximum Gasteiger partial charge on any atom is 0.404 e. The smallest absolute Gasteiger partial charge is 0.404 e. The lowest BCUT2D eigenvalue weighted by atomic mass is 9.85. The molecule has 0 N–H and O–H groups in total. The van der Waals surface area contributed by atoms with Gasteiger partial charge in [0, 0.05) is 31.7 Å². The van der Waals surface area contributed by atoms with E-state index in [2.05, 4.69) is 20.1 Å². The van der Waals surface area contributed by atoms with Crippen LogP contribution in [0.1, 0.15) is 6.42 Å². The van der Waals surface area contributed by atoms with Crippen LogP contribution in [0.15, 0.2) is 24.7 Å². The summed E-state index contributed by atoms with van der Waals surface area (Å²) in [6.07, 6.45) is -7.95. The van der Waals surface area contributed by atoms with Crippen LogP contribution in [0.25, 0.3) is 16.9 Å². The molecular weight excluding hydrogens is 446 g/mol. The van der Waals surface area contributed by atoms with Crippen LogP contribution >= 0.6 is 0 Å². The highest BCUT2D eigenvalue weighted by Crippen LogP contribution is 2.56. The number of aromatic nitrogens is 5. The minimum Gasteiger partial charge on any atom is -0.480 e. The van der Waals surface area contributed by atoms with Crippen molar-refractivity contribution >= 4 is 11.3 Å². The molecule has 1 fully saturated rings. The molecule has 172 valence electrons. The van der Waals surface area contributed by atoms with Gasteiger partial charge >= 0.3 is 18.4 Å². The highest BCUT2D eigenvalue weighted by atomic mass is 19.4. The van der Waals surface area contributed by atoms with Crippen molar-refractivity contribution < 1.29 is 35.8 Å². The lowest BCUT2D eigenvalue weighted by Gasteiger charge is -2.33. The predicted molar refractivity (Wildman–Crippen MR) is 98.5 cm³/mol. The van der Waals surface area contributed by atoms with Crippen molar-refractivity contribution in [1.29, 1.82) is 0 Å². The van der Waals surface area contributed by atoms with Crippen LogP contribution < -0.4 is 14.4 Å². The van der Waals surface area contributed by atoms with Gasteiger partial charge in [0.1, 0.15) is 5.69 Å². The Morgan fingerprint density at radius 2 is 1.75 bits per heavy atom. The van der Waals surface area contributed by atoms with Gasteiger partial charge in [0.2, 0.25) is 5.88 Å². The minimum atomic E-state index is -5.46. The number of anilines is 1. The van der Waals surface area contributed by atoms with Crippen LogP contribution in [0.3, 0.4) is 0 Å². The summed E-state index contributed by atoms with van der Waals surface area (Å²) in [6.45, 7) is -1.76. The molecule has 0 spiro atoms. The molecule has 3 aromatic rings. The van der Waals surface area contributed by atoms with Crippen molar-refractivity contribution in [2.45, 2.75) is 18.8 Å². The van der Waals surface area contributed by atoms with E-state index in [9.17, 15) is 26.3 Å². The fourth-order valence-electron chi connectivity index (χ4n) is 3.68. The van der Waals surface area contributed by atoms with Crippen LogP contribution in [0, 0.1) is 5.41 Å². The van der Waals surface area contributed by atoms with Crippen LogP contribution in [0.5, 0.6) is 11.9 Å². The van der Waals surface area contributed by atoms with Gasteiger partial charge in [0.05, 0.1) is 25.5 Å². The van der Waals surface area contributed by atoms with E-state index in [0.29, 0.717) is 0 Å². The summed E-state index contributed by atoms with van der Waals surface area (Å²) in [5, 5.41) is 4.32. The third kappa shape index (κ3) is 3.33. The third-order valence-electron chi connectivity index (χ3n) is 5.42. The Labute approximate surface area is 176 Å². The number of rotatable bonds is 4. The van der Waals surface area contributed by atoms with Gasteiger partial charge < -0.3 is 14.4 Å². The molecule has 0 aliphatic carbocycles. The van der Waals surface area contributed by atoms with Gasteiger partial charge in [-0.15, -0.1) is 0 Å². The number of alkyl halides is 6. The van der Waals surface area contributed by atoms with Crippen molar-refractivity contribution in [2.24, 2.45) is 5.41 Å². The average Bonchev–Trinajstić information content (AvgIpc) is 3.39. The van der Waals surface area contributed by atoms with Crippen LogP contribution in [-0.4, -0.2) is 64.2 Å². The number of hydrogen-bond acceptors (Lipinski definition) is 7. The average molecular weight is 462 g/mol. The number of imidazole rings is 1. The molecule has 0 atom stereocenters. The number of fused-ring (bicyclic) bond motifs is 1. The lowest BCUT2D eigenvalue weighted by Crippen LogP contribution is -2.51. The molecule has 0 unspecified atom stereocenters. The topological polar surface area (TPSA) is 77.7 Å². The zero-order chi connectivity index (χ0) is 23.3. The second-order valence-corrected chi connectivity index (χ2v) is 7.14. The maximum atomic E-state index is 13.5. The Hall–Kier alpha value is -3.32. The second-order valence-electron chi connectivity index (χ2n) is 7.14. The first-order valence-corrected chi connectivity index (χ1v) is 9.19. The van der Waals surface area contributed by atoms with Gasteiger partial charge in [-0.05, 0) is 12.5 Å². The van der Waals surface area contributed by atoms with E-state index in [4.69, 9.17) is 9.47 Å². The summed E-state index contributed by atoms with van der Waals surface area (Å²) in [4.78, 5) is 13.1. The van der Waals surface area contributed by atoms with Gasteiger partial charge in [-0.2, -0.15) is 36.4 Å². The number of ether oxygens (including phenoxy) is 2. The van der Waals surface area contributed by atoms with E-state index in [1.165, 1.54) is 43.4 Å². The molecule has 0 radical (unpaired) electrons. The Bertz CT molecular complexity index is 1130. The van der Waals surface area contributed by atoms with Crippen molar-refractivity contribution in [3.63, 3.8) is 0 Å². The largest absolute Gasteiger partial charge is 0.480 e. The van der Waals surface area contributed by atoms with E-state index in [1.807, 2.05) is 0 Å². The minimum absolute atomic E-state index is 0.00853. The van der Waals surface area contributed by atoms with Crippen LogP contribution in [0.4, 0.5) is 32.0 Å². The molecule has 1 aliphatic rings. The first kappa shape index (κ1) is 21.9. The SMILES string of the molecule is COc1ncc(-c2cc(N3CCC(C(F)(F)F)(C(F)(F)F)C3)c3nccn3n2)c(OC)n1. The summed E-state index contributed by atoms with van der Waals surface area (Å²) >= 11 is 0. The molecule has 0 aromatic carbocycles. The summed E-state index contributed by atoms with van der Waals surface area (Å²) in [5.41, 5.74) is -3.23. The molecule has 0 bridgehead atoms. The Morgan fingerprint density at radius 3 is 2.34 bits per heavy atom. The van der Waals surface area contributed by atoms with Gasteiger partial charge in [0.15, 0.2) is 11.1 Å². The normalized spacial score (nSPS) is 16.6. The Morgan fingerprint density at radius 1 is 1.03 bits per heavy atom. The number of nitrogens with zero attached hydrogens (tertiary/aromatic N) is 6. The molecule has 4 rings (SSSR count). The lowest BCUT2D eigenvalue weighted by molar-refractivity contribution is -0.332. The first-order valence-electron chi connectivity index (χ1n) is 9.19. The van der Waals surface area contributed by atoms with E-state index in [0.717, 1.165) is 4.90 Å². The van der Waals surface area contributed by atoms with Gasteiger partial charge in [-0.1, -0.05) is 0 Å². The molecule has 0 saturated carbocycles. The zero-order valence-corrected chi connectivity index (χ0v) is 16.7. The number of halogens is 6. The molecule has 14 heteroatoms. The third-order valence-corrected chi connectivity index (χ3v) is 5.42. The zero-order valence-electron chi connectivity index (χ0n) is 16.7. The summed E-state index contributed by atoms with van der Waals surface area (Å²) in [7, 11) is 2.69. The van der Waals surface area contributed by atoms with Crippen molar-refractivity contribution in [3.8, 4) is 23.1 Å². The van der Waals surface area contributed by atoms with Crippen LogP contribution in [0.2, 0.25) is 0 Å². The van der Waals surface area contributed by atoms with E-state index in [-0.39, 0.29) is 34.5 Å².